The van der Waals surface area contributed by atoms with E-state index in [0.717, 1.165) is 21.6 Å². The quantitative estimate of drug-likeness (QED) is 0.438. The number of rotatable bonds is 6. The third-order valence-corrected chi connectivity index (χ3v) is 5.39. The van der Waals surface area contributed by atoms with Gasteiger partial charge < -0.3 is 4.74 Å². The summed E-state index contributed by atoms with van der Waals surface area (Å²) < 4.78 is 20.1. The van der Waals surface area contributed by atoms with Gasteiger partial charge in [0.1, 0.15) is 5.82 Å². The molecule has 6 heteroatoms. The van der Waals surface area contributed by atoms with Crippen LogP contribution < -0.4 is 4.80 Å². The summed E-state index contributed by atoms with van der Waals surface area (Å²) in [5.41, 5.74) is 6.63. The Morgan fingerprint density at radius 2 is 1.79 bits per heavy atom. The van der Waals surface area contributed by atoms with Crippen LogP contribution in [0, 0.1) is 26.6 Å². The molecule has 4 nitrogen and oxygen atoms in total. The molecular formula is C22H24FN3OS. The summed E-state index contributed by atoms with van der Waals surface area (Å²) >= 11 is 1.54. The smallest absolute Gasteiger partial charge is 0.206 e. The van der Waals surface area contributed by atoms with Crippen molar-refractivity contribution >= 4 is 17.6 Å². The van der Waals surface area contributed by atoms with Gasteiger partial charge in [-0.25, -0.2) is 9.07 Å². The summed E-state index contributed by atoms with van der Waals surface area (Å²) in [6, 6.07) is 10.6. The number of aryl methyl sites for hydroxylation is 3. The van der Waals surface area contributed by atoms with E-state index in [-0.39, 0.29) is 5.82 Å². The molecule has 0 atom stereocenters. The molecule has 0 saturated carbocycles. The fourth-order valence-corrected chi connectivity index (χ4v) is 3.70. The van der Waals surface area contributed by atoms with E-state index in [1.807, 2.05) is 4.68 Å². The molecule has 0 spiro atoms. The van der Waals surface area contributed by atoms with Crippen molar-refractivity contribution in [2.75, 3.05) is 20.3 Å². The van der Waals surface area contributed by atoms with Crippen LogP contribution in [0.2, 0.25) is 0 Å². The number of thiazole rings is 1. The fourth-order valence-electron chi connectivity index (χ4n) is 2.85. The molecule has 146 valence electrons. The van der Waals surface area contributed by atoms with Crippen molar-refractivity contribution in [3.8, 4) is 11.3 Å². The Morgan fingerprint density at radius 3 is 2.50 bits per heavy atom. The molecule has 0 amide bonds. The van der Waals surface area contributed by atoms with E-state index in [4.69, 9.17) is 4.74 Å². The second kappa shape index (κ2) is 9.08. The van der Waals surface area contributed by atoms with Crippen LogP contribution in [0.1, 0.15) is 22.3 Å². The van der Waals surface area contributed by atoms with Crippen LogP contribution in [0.4, 0.5) is 4.39 Å². The van der Waals surface area contributed by atoms with E-state index in [0.29, 0.717) is 13.2 Å². The van der Waals surface area contributed by atoms with Gasteiger partial charge in [-0.3, -0.25) is 4.99 Å². The number of nitrogens with zero attached hydrogens (tertiary/aromatic N) is 3. The maximum absolute atomic E-state index is 13.2. The molecule has 28 heavy (non-hydrogen) atoms. The number of aromatic nitrogens is 1. The SMILES string of the molecule is COCCN=c1scc(-c2cc(C)c(C)cc2C)n1/N=C\c1ccc(F)cc1. The number of methoxy groups -OCH3 is 1. The zero-order valence-electron chi connectivity index (χ0n) is 16.6. The lowest BCUT2D eigenvalue weighted by atomic mass is 9.99. The van der Waals surface area contributed by atoms with E-state index >= 15 is 0 Å². The minimum Gasteiger partial charge on any atom is -0.383 e. The second-order valence-corrected chi connectivity index (χ2v) is 7.47. The summed E-state index contributed by atoms with van der Waals surface area (Å²) in [4.78, 5) is 5.42. The lowest BCUT2D eigenvalue weighted by Gasteiger charge is -2.10. The Labute approximate surface area is 168 Å². The highest BCUT2D eigenvalue weighted by Gasteiger charge is 2.11. The molecule has 0 radical (unpaired) electrons. The van der Waals surface area contributed by atoms with Gasteiger partial charge in [0.05, 0.1) is 25.1 Å². The van der Waals surface area contributed by atoms with E-state index in [1.165, 1.54) is 28.8 Å². The molecule has 0 unspecified atom stereocenters. The largest absolute Gasteiger partial charge is 0.383 e. The van der Waals surface area contributed by atoms with Crippen LogP contribution in [-0.2, 0) is 4.74 Å². The lowest BCUT2D eigenvalue weighted by molar-refractivity contribution is 0.207. The highest BCUT2D eigenvalue weighted by molar-refractivity contribution is 7.07. The predicted molar refractivity (Wildman–Crippen MR) is 114 cm³/mol. The van der Waals surface area contributed by atoms with Crippen molar-refractivity contribution < 1.29 is 9.13 Å². The first-order chi connectivity index (χ1) is 13.5. The Balaban J connectivity index is 2.09. The molecule has 0 fully saturated rings. The van der Waals surface area contributed by atoms with Gasteiger partial charge in [-0.1, -0.05) is 18.2 Å². The van der Waals surface area contributed by atoms with Crippen molar-refractivity contribution in [3.63, 3.8) is 0 Å². The van der Waals surface area contributed by atoms with Crippen LogP contribution >= 0.6 is 11.3 Å². The molecule has 1 heterocycles. The van der Waals surface area contributed by atoms with Gasteiger partial charge in [0.15, 0.2) is 0 Å². The maximum Gasteiger partial charge on any atom is 0.206 e. The van der Waals surface area contributed by atoms with Crippen LogP contribution in [0.15, 0.2) is 51.9 Å². The summed E-state index contributed by atoms with van der Waals surface area (Å²) in [5.74, 6) is -0.262. The molecule has 0 N–H and O–H groups in total. The highest BCUT2D eigenvalue weighted by Crippen LogP contribution is 2.27. The third kappa shape index (κ3) is 4.64. The van der Waals surface area contributed by atoms with Crippen LogP contribution in [0.5, 0.6) is 0 Å². The molecule has 0 aliphatic heterocycles. The standard InChI is InChI=1S/C22H24FN3OS/c1-15-11-17(3)20(12-16(15)2)21-14-28-22(24-9-10-27-4)26(21)25-13-18-5-7-19(23)8-6-18/h5-8,11-14H,9-10H2,1-4H3/b24-22?,25-13-. The van der Waals surface area contributed by atoms with Crippen LogP contribution in [0.25, 0.3) is 11.3 Å². The summed E-state index contributed by atoms with van der Waals surface area (Å²) in [5, 5.41) is 6.73. The average molecular weight is 398 g/mol. The van der Waals surface area contributed by atoms with Crippen molar-refractivity contribution in [1.29, 1.82) is 0 Å². The van der Waals surface area contributed by atoms with E-state index < -0.39 is 0 Å². The van der Waals surface area contributed by atoms with Crippen molar-refractivity contribution in [3.05, 3.63) is 74.7 Å². The number of hydrogen-bond donors (Lipinski definition) is 0. The lowest BCUT2D eigenvalue weighted by Crippen LogP contribution is -2.14. The Kier molecular flexibility index (Phi) is 6.54. The first-order valence-electron chi connectivity index (χ1n) is 9.07. The summed E-state index contributed by atoms with van der Waals surface area (Å²) in [6.07, 6.45) is 1.72. The van der Waals surface area contributed by atoms with Gasteiger partial charge in [0.25, 0.3) is 0 Å². The number of hydrogen-bond acceptors (Lipinski definition) is 4. The number of halogens is 1. The molecule has 3 rings (SSSR count). The minimum absolute atomic E-state index is 0.262. The second-order valence-electron chi connectivity index (χ2n) is 6.64. The molecule has 0 aliphatic carbocycles. The average Bonchev–Trinajstić information content (AvgIpc) is 3.07. The summed E-state index contributed by atoms with van der Waals surface area (Å²) in [6.45, 7) is 7.45. The number of ether oxygens (including phenoxy) is 1. The maximum atomic E-state index is 13.2. The Hall–Kier alpha value is -2.57. The minimum atomic E-state index is -0.262. The van der Waals surface area contributed by atoms with E-state index in [9.17, 15) is 4.39 Å². The monoisotopic (exact) mass is 397 g/mol. The zero-order chi connectivity index (χ0) is 20.1. The number of benzene rings is 2. The molecule has 0 bridgehead atoms. The third-order valence-electron chi connectivity index (χ3n) is 4.54. The normalized spacial score (nSPS) is 12.2. The van der Waals surface area contributed by atoms with Crippen LogP contribution in [0.3, 0.4) is 0 Å². The van der Waals surface area contributed by atoms with Gasteiger partial charge in [-0.15, -0.1) is 11.3 Å². The van der Waals surface area contributed by atoms with Crippen molar-refractivity contribution in [1.82, 2.24) is 4.68 Å². The molecule has 3 aromatic rings. The van der Waals surface area contributed by atoms with Gasteiger partial charge in [0.2, 0.25) is 4.80 Å². The van der Waals surface area contributed by atoms with Gasteiger partial charge >= 0.3 is 0 Å². The zero-order valence-corrected chi connectivity index (χ0v) is 17.4. The van der Waals surface area contributed by atoms with Gasteiger partial charge in [0, 0.05) is 18.1 Å². The summed E-state index contributed by atoms with van der Waals surface area (Å²) in [7, 11) is 1.66. The highest BCUT2D eigenvalue weighted by atomic mass is 32.1. The Morgan fingerprint density at radius 1 is 1.07 bits per heavy atom. The van der Waals surface area contributed by atoms with E-state index in [2.05, 4.69) is 48.4 Å². The molecule has 0 aliphatic rings. The van der Waals surface area contributed by atoms with Crippen molar-refractivity contribution in [2.45, 2.75) is 20.8 Å². The first kappa shape index (κ1) is 20.2. The first-order valence-corrected chi connectivity index (χ1v) is 9.95. The fraction of sp³-hybridized carbons (Fsp3) is 0.273. The van der Waals surface area contributed by atoms with Crippen molar-refractivity contribution in [2.24, 2.45) is 10.1 Å². The molecular weight excluding hydrogens is 373 g/mol. The van der Waals surface area contributed by atoms with Crippen LogP contribution in [-0.4, -0.2) is 31.2 Å². The molecule has 0 saturated heterocycles. The molecule has 1 aromatic heterocycles. The Bertz CT molecular complexity index is 1050. The van der Waals surface area contributed by atoms with Gasteiger partial charge in [-0.2, -0.15) is 5.10 Å². The topological polar surface area (TPSA) is 38.9 Å². The molecule has 2 aromatic carbocycles. The predicted octanol–water partition coefficient (Wildman–Crippen LogP) is 4.71. The van der Waals surface area contributed by atoms with E-state index in [1.54, 1.807) is 36.8 Å². The van der Waals surface area contributed by atoms with Gasteiger partial charge in [-0.05, 0) is 61.2 Å².